The Hall–Kier alpha value is -1.84. The van der Waals surface area contributed by atoms with E-state index in [0.29, 0.717) is 0 Å². The van der Waals surface area contributed by atoms with Gasteiger partial charge in [0.25, 0.3) is 0 Å². The van der Waals surface area contributed by atoms with Gasteiger partial charge in [0.2, 0.25) is 0 Å². The highest BCUT2D eigenvalue weighted by Crippen LogP contribution is 2.27. The van der Waals surface area contributed by atoms with Crippen molar-refractivity contribution in [2.75, 3.05) is 11.9 Å². The molecule has 0 aliphatic heterocycles. The number of rotatable bonds is 7. The maximum atomic E-state index is 9.98. The van der Waals surface area contributed by atoms with E-state index >= 15 is 0 Å². The van der Waals surface area contributed by atoms with Gasteiger partial charge in [-0.3, -0.25) is 5.32 Å². The number of aliphatic hydroxyl groups excluding tert-OH is 1. The minimum absolute atomic E-state index is 0.730. The molecule has 20 heavy (non-hydrogen) atoms. The molecular weight excluding hydrogens is 248 g/mol. The van der Waals surface area contributed by atoms with E-state index in [4.69, 9.17) is 0 Å². The largest absolute Gasteiger partial charge is 0.361 e. The summed E-state index contributed by atoms with van der Waals surface area (Å²) < 4.78 is 0. The van der Waals surface area contributed by atoms with Gasteiger partial charge in [-0.15, -0.1) is 0 Å². The number of hydrogen-bond donors (Lipinski definition) is 3. The Morgan fingerprint density at radius 3 is 2.45 bits per heavy atom. The van der Waals surface area contributed by atoms with E-state index in [2.05, 4.69) is 35.8 Å². The van der Waals surface area contributed by atoms with Gasteiger partial charge in [-0.25, -0.2) is 0 Å². The summed E-state index contributed by atoms with van der Waals surface area (Å²) in [6.45, 7) is 2.93. The number of benzene rings is 2. The van der Waals surface area contributed by atoms with Crippen LogP contribution in [-0.4, -0.2) is 18.0 Å². The lowest BCUT2D eigenvalue weighted by atomic mass is 10.0. The first-order valence-corrected chi connectivity index (χ1v) is 7.13. The van der Waals surface area contributed by atoms with Crippen molar-refractivity contribution in [3.05, 3.63) is 54.6 Å². The van der Waals surface area contributed by atoms with Crippen LogP contribution < -0.4 is 10.6 Å². The SMILES string of the molecule is CCCCNC(O)Nc1ccccc1-c1ccccc1. The van der Waals surface area contributed by atoms with Crippen LogP contribution in [0.25, 0.3) is 11.1 Å². The van der Waals surface area contributed by atoms with Crippen molar-refractivity contribution < 1.29 is 5.11 Å². The lowest BCUT2D eigenvalue weighted by Crippen LogP contribution is -2.36. The van der Waals surface area contributed by atoms with Gasteiger partial charge in [-0.1, -0.05) is 61.9 Å². The normalized spacial score (nSPS) is 12.1. The topological polar surface area (TPSA) is 44.3 Å². The average Bonchev–Trinajstić information content (AvgIpc) is 2.49. The maximum Gasteiger partial charge on any atom is 0.181 e. The Morgan fingerprint density at radius 2 is 1.70 bits per heavy atom. The van der Waals surface area contributed by atoms with Crippen LogP contribution in [0, 0.1) is 0 Å². The summed E-state index contributed by atoms with van der Waals surface area (Å²) in [6, 6.07) is 18.2. The Balaban J connectivity index is 2.09. The van der Waals surface area contributed by atoms with E-state index in [1.807, 2.05) is 36.4 Å². The molecule has 3 nitrogen and oxygen atoms in total. The first-order chi connectivity index (χ1) is 9.81. The lowest BCUT2D eigenvalue weighted by molar-refractivity contribution is 0.165. The minimum atomic E-state index is -0.730. The molecule has 2 aromatic rings. The molecule has 0 saturated carbocycles. The molecule has 0 radical (unpaired) electrons. The Labute approximate surface area is 120 Å². The van der Waals surface area contributed by atoms with Crippen molar-refractivity contribution >= 4 is 5.69 Å². The fraction of sp³-hybridized carbons (Fsp3) is 0.294. The maximum absolute atomic E-state index is 9.98. The molecule has 0 saturated heterocycles. The predicted molar refractivity (Wildman–Crippen MR) is 84.4 cm³/mol. The van der Waals surface area contributed by atoms with Crippen LogP contribution in [-0.2, 0) is 0 Å². The zero-order chi connectivity index (χ0) is 14.2. The highest BCUT2D eigenvalue weighted by molar-refractivity contribution is 5.77. The van der Waals surface area contributed by atoms with E-state index < -0.39 is 6.35 Å². The summed E-state index contributed by atoms with van der Waals surface area (Å²) in [5.74, 6) is 0. The molecule has 0 aliphatic carbocycles. The van der Waals surface area contributed by atoms with Crippen LogP contribution in [0.5, 0.6) is 0 Å². The van der Waals surface area contributed by atoms with Gasteiger partial charge in [-0.05, 0) is 24.6 Å². The molecule has 0 aliphatic rings. The Kier molecular flexibility index (Phi) is 5.59. The highest BCUT2D eigenvalue weighted by Gasteiger charge is 2.07. The summed E-state index contributed by atoms with van der Waals surface area (Å²) >= 11 is 0. The molecule has 0 fully saturated rings. The molecule has 0 aromatic heterocycles. The third kappa shape index (κ3) is 4.08. The number of hydrogen-bond acceptors (Lipinski definition) is 3. The van der Waals surface area contributed by atoms with Crippen LogP contribution in [0.3, 0.4) is 0 Å². The quantitative estimate of drug-likeness (QED) is 0.533. The second-order valence-corrected chi connectivity index (χ2v) is 4.77. The standard InChI is InChI=1S/C17H22N2O/c1-2-3-13-18-17(20)19-16-12-8-7-11-15(16)14-9-5-4-6-10-14/h4-12,17-20H,2-3,13H2,1H3. The Morgan fingerprint density at radius 1 is 1.00 bits per heavy atom. The van der Waals surface area contributed by atoms with Crippen molar-refractivity contribution in [3.63, 3.8) is 0 Å². The summed E-state index contributed by atoms with van der Waals surface area (Å²) in [6.07, 6.45) is 1.44. The van der Waals surface area contributed by atoms with Crippen molar-refractivity contribution in [2.45, 2.75) is 26.1 Å². The van der Waals surface area contributed by atoms with Gasteiger partial charge in [0.15, 0.2) is 6.35 Å². The van der Waals surface area contributed by atoms with Crippen molar-refractivity contribution in [1.29, 1.82) is 0 Å². The molecule has 3 heteroatoms. The Bertz CT molecular complexity index is 513. The molecular formula is C17H22N2O. The number of nitrogens with one attached hydrogen (secondary N) is 2. The second kappa shape index (κ2) is 7.68. The van der Waals surface area contributed by atoms with Crippen molar-refractivity contribution in [1.82, 2.24) is 5.32 Å². The molecule has 2 aromatic carbocycles. The van der Waals surface area contributed by atoms with Gasteiger partial charge in [-0.2, -0.15) is 0 Å². The van der Waals surface area contributed by atoms with E-state index in [0.717, 1.165) is 36.2 Å². The monoisotopic (exact) mass is 270 g/mol. The van der Waals surface area contributed by atoms with Crippen LogP contribution in [0.1, 0.15) is 19.8 Å². The highest BCUT2D eigenvalue weighted by atomic mass is 16.3. The van der Waals surface area contributed by atoms with Gasteiger partial charge >= 0.3 is 0 Å². The van der Waals surface area contributed by atoms with Crippen molar-refractivity contribution in [2.24, 2.45) is 0 Å². The van der Waals surface area contributed by atoms with Gasteiger partial charge in [0.1, 0.15) is 0 Å². The zero-order valence-electron chi connectivity index (χ0n) is 11.8. The van der Waals surface area contributed by atoms with Crippen LogP contribution in [0.2, 0.25) is 0 Å². The average molecular weight is 270 g/mol. The van der Waals surface area contributed by atoms with Crippen molar-refractivity contribution in [3.8, 4) is 11.1 Å². The molecule has 106 valence electrons. The van der Waals surface area contributed by atoms with Gasteiger partial charge in [0.05, 0.1) is 0 Å². The molecule has 1 atom stereocenters. The summed E-state index contributed by atoms with van der Waals surface area (Å²) in [5.41, 5.74) is 3.15. The molecule has 2 rings (SSSR count). The zero-order valence-corrected chi connectivity index (χ0v) is 11.8. The smallest absolute Gasteiger partial charge is 0.181 e. The number of para-hydroxylation sites is 1. The van der Waals surface area contributed by atoms with E-state index in [1.54, 1.807) is 0 Å². The van der Waals surface area contributed by atoms with Gasteiger partial charge < -0.3 is 10.4 Å². The first-order valence-electron chi connectivity index (χ1n) is 7.13. The predicted octanol–water partition coefficient (Wildman–Crippen LogP) is 3.43. The van der Waals surface area contributed by atoms with E-state index in [9.17, 15) is 5.11 Å². The van der Waals surface area contributed by atoms with E-state index in [-0.39, 0.29) is 0 Å². The summed E-state index contributed by atoms with van der Waals surface area (Å²) in [7, 11) is 0. The summed E-state index contributed by atoms with van der Waals surface area (Å²) in [4.78, 5) is 0. The fourth-order valence-corrected chi connectivity index (χ4v) is 2.09. The number of unbranched alkanes of at least 4 members (excludes halogenated alkanes) is 1. The van der Waals surface area contributed by atoms with Crippen LogP contribution in [0.4, 0.5) is 5.69 Å². The molecule has 0 bridgehead atoms. The second-order valence-electron chi connectivity index (χ2n) is 4.77. The third-order valence-electron chi connectivity index (χ3n) is 3.17. The minimum Gasteiger partial charge on any atom is -0.361 e. The fourth-order valence-electron chi connectivity index (χ4n) is 2.09. The third-order valence-corrected chi connectivity index (χ3v) is 3.17. The molecule has 0 spiro atoms. The first kappa shape index (κ1) is 14.6. The lowest BCUT2D eigenvalue weighted by Gasteiger charge is -2.18. The molecule has 0 heterocycles. The molecule has 1 unspecified atom stereocenters. The van der Waals surface area contributed by atoms with E-state index in [1.165, 1.54) is 0 Å². The van der Waals surface area contributed by atoms with Crippen LogP contribution in [0.15, 0.2) is 54.6 Å². The van der Waals surface area contributed by atoms with Crippen LogP contribution >= 0.6 is 0 Å². The van der Waals surface area contributed by atoms with Gasteiger partial charge in [0, 0.05) is 11.3 Å². The molecule has 0 amide bonds. The number of aliphatic hydroxyl groups is 1. The molecule has 3 N–H and O–H groups in total. The number of anilines is 1. The summed E-state index contributed by atoms with van der Waals surface area (Å²) in [5, 5.41) is 16.1.